The maximum Gasteiger partial charge on any atom is 0.460 e. The van der Waals surface area contributed by atoms with Crippen molar-refractivity contribution < 1.29 is 62.2 Å². The van der Waals surface area contributed by atoms with E-state index in [9.17, 15) is 57.1 Å². The molecule has 1 nitrogen and oxygen atoms in total. The van der Waals surface area contributed by atoms with E-state index in [1.54, 1.807) is 0 Å². The third kappa shape index (κ3) is 2.82. The van der Waals surface area contributed by atoms with E-state index < -0.39 is 47.1 Å². The highest BCUT2D eigenvalue weighted by Crippen LogP contribution is 2.62. The van der Waals surface area contributed by atoms with E-state index in [4.69, 9.17) is 5.11 Å². The van der Waals surface area contributed by atoms with Gasteiger partial charge >= 0.3 is 35.8 Å². The standard InChI is InChI=1S/C12H5F13O/c13-7(14,5-1-3-6(26)4-2-5)8(15,16)9(17,18)10(19,20)11(21,22)12(23,24)25/h1-4,26H. The molecule has 0 heterocycles. The van der Waals surface area contributed by atoms with E-state index >= 15 is 0 Å². The number of halogens is 13. The molecule has 0 saturated heterocycles. The fourth-order valence-electron chi connectivity index (χ4n) is 1.62. The summed E-state index contributed by atoms with van der Waals surface area (Å²) in [5, 5.41) is 8.79. The van der Waals surface area contributed by atoms with Crippen LogP contribution in [0.2, 0.25) is 0 Å². The van der Waals surface area contributed by atoms with E-state index in [2.05, 4.69) is 0 Å². The molecule has 0 aromatic heterocycles. The highest BCUT2D eigenvalue weighted by molar-refractivity contribution is 5.31. The lowest BCUT2D eigenvalue weighted by Gasteiger charge is -2.39. The zero-order valence-electron chi connectivity index (χ0n) is 11.7. The van der Waals surface area contributed by atoms with Crippen molar-refractivity contribution in [2.75, 3.05) is 0 Å². The van der Waals surface area contributed by atoms with Gasteiger partial charge in [-0.2, -0.15) is 57.1 Å². The molecular formula is C12H5F13O. The summed E-state index contributed by atoms with van der Waals surface area (Å²) >= 11 is 0. The van der Waals surface area contributed by atoms with E-state index in [0.717, 1.165) is 0 Å². The van der Waals surface area contributed by atoms with Crippen LogP contribution in [0.1, 0.15) is 5.56 Å². The number of hydrogen-bond acceptors (Lipinski definition) is 1. The second-order valence-corrected chi connectivity index (χ2v) is 4.92. The monoisotopic (exact) mass is 412 g/mol. The van der Waals surface area contributed by atoms with Gasteiger partial charge in [-0.15, -0.1) is 0 Å². The molecule has 0 spiro atoms. The van der Waals surface area contributed by atoms with Crippen molar-refractivity contribution in [2.45, 2.75) is 35.8 Å². The molecule has 0 amide bonds. The van der Waals surface area contributed by atoms with Crippen molar-refractivity contribution in [3.63, 3.8) is 0 Å². The maximum absolute atomic E-state index is 13.6. The summed E-state index contributed by atoms with van der Waals surface area (Å²) in [5.74, 6) is -38.1. The lowest BCUT2D eigenvalue weighted by Crippen LogP contribution is -2.69. The Balaban J connectivity index is 3.55. The predicted octanol–water partition coefficient (Wildman–Crippen LogP) is 5.59. The largest absolute Gasteiger partial charge is 0.508 e. The summed E-state index contributed by atoms with van der Waals surface area (Å²) in [6, 6.07) is 0.193. The van der Waals surface area contributed by atoms with Crippen molar-refractivity contribution in [1.29, 1.82) is 0 Å². The van der Waals surface area contributed by atoms with Crippen LogP contribution in [-0.4, -0.2) is 35.0 Å². The Morgan fingerprint density at radius 2 is 0.846 bits per heavy atom. The van der Waals surface area contributed by atoms with Gasteiger partial charge in [0, 0.05) is 5.56 Å². The Morgan fingerprint density at radius 1 is 0.500 bits per heavy atom. The van der Waals surface area contributed by atoms with Crippen LogP contribution in [-0.2, 0) is 5.92 Å². The van der Waals surface area contributed by atoms with E-state index in [-0.39, 0.29) is 24.3 Å². The fourth-order valence-corrected chi connectivity index (χ4v) is 1.62. The minimum Gasteiger partial charge on any atom is -0.508 e. The first kappa shape index (κ1) is 22.2. The molecule has 1 N–H and O–H groups in total. The van der Waals surface area contributed by atoms with Crippen LogP contribution >= 0.6 is 0 Å². The Kier molecular flexibility index (Phi) is 4.95. The maximum atomic E-state index is 13.6. The summed E-state index contributed by atoms with van der Waals surface area (Å²) in [4.78, 5) is 0. The van der Waals surface area contributed by atoms with Crippen LogP contribution in [0.3, 0.4) is 0 Å². The van der Waals surface area contributed by atoms with Crippen LogP contribution in [0.4, 0.5) is 57.1 Å². The second-order valence-electron chi connectivity index (χ2n) is 4.92. The first-order chi connectivity index (χ1) is 11.2. The average molecular weight is 412 g/mol. The highest BCUT2D eigenvalue weighted by Gasteiger charge is 2.90. The van der Waals surface area contributed by atoms with Crippen LogP contribution in [0, 0.1) is 0 Å². The van der Waals surface area contributed by atoms with Gasteiger partial charge in [-0.05, 0) is 24.3 Å². The van der Waals surface area contributed by atoms with Gasteiger partial charge in [0.25, 0.3) is 0 Å². The molecule has 1 rings (SSSR count). The number of benzene rings is 1. The SMILES string of the molecule is Oc1ccc(C(F)(F)C(F)(F)C(F)(F)C(F)(F)C(F)(F)C(F)(F)F)cc1. The Labute approximate surface area is 135 Å². The second kappa shape index (κ2) is 5.81. The normalized spacial score (nSPS) is 15.3. The summed E-state index contributed by atoms with van der Waals surface area (Å²) in [6.45, 7) is 0. The molecular weight excluding hydrogens is 407 g/mol. The van der Waals surface area contributed by atoms with Crippen molar-refractivity contribution in [3.05, 3.63) is 29.8 Å². The molecule has 0 radical (unpaired) electrons. The lowest BCUT2D eigenvalue weighted by molar-refractivity contribution is -0.441. The Hall–Kier alpha value is -1.89. The first-order valence-corrected chi connectivity index (χ1v) is 6.00. The van der Waals surface area contributed by atoms with Gasteiger partial charge in [-0.3, -0.25) is 0 Å². The summed E-state index contributed by atoms with van der Waals surface area (Å²) in [7, 11) is 0. The van der Waals surface area contributed by atoms with Gasteiger partial charge in [-0.25, -0.2) is 0 Å². The third-order valence-corrected chi connectivity index (χ3v) is 3.16. The zero-order chi connectivity index (χ0) is 21.0. The molecule has 1 aromatic carbocycles. The smallest absolute Gasteiger partial charge is 0.460 e. The van der Waals surface area contributed by atoms with Gasteiger partial charge in [0.05, 0.1) is 0 Å². The number of rotatable bonds is 5. The number of aromatic hydroxyl groups is 1. The summed E-state index contributed by atoms with van der Waals surface area (Å²) < 4.78 is 167. The van der Waals surface area contributed by atoms with Gasteiger partial charge in [0.15, 0.2) is 0 Å². The molecule has 14 heteroatoms. The topological polar surface area (TPSA) is 20.2 Å². The molecule has 0 atom stereocenters. The van der Waals surface area contributed by atoms with Crippen LogP contribution in [0.15, 0.2) is 24.3 Å². The third-order valence-electron chi connectivity index (χ3n) is 3.16. The minimum atomic E-state index is -7.93. The van der Waals surface area contributed by atoms with Crippen LogP contribution in [0.5, 0.6) is 5.75 Å². The van der Waals surface area contributed by atoms with Crippen molar-refractivity contribution >= 4 is 0 Å². The molecule has 0 fully saturated rings. The molecule has 0 aliphatic carbocycles. The molecule has 0 aliphatic heterocycles. The van der Waals surface area contributed by atoms with Crippen LogP contribution < -0.4 is 0 Å². The average Bonchev–Trinajstić information content (AvgIpc) is 2.45. The van der Waals surface area contributed by atoms with Gasteiger partial charge in [-0.1, -0.05) is 0 Å². The molecule has 1 aromatic rings. The molecule has 0 saturated carbocycles. The Bertz CT molecular complexity index is 644. The molecule has 150 valence electrons. The molecule has 26 heavy (non-hydrogen) atoms. The van der Waals surface area contributed by atoms with Gasteiger partial charge < -0.3 is 5.11 Å². The minimum absolute atomic E-state index is 0.140. The fraction of sp³-hybridized carbons (Fsp3) is 0.500. The summed E-state index contributed by atoms with van der Waals surface area (Å²) in [5.41, 5.74) is -2.15. The van der Waals surface area contributed by atoms with Crippen molar-refractivity contribution in [1.82, 2.24) is 0 Å². The predicted molar refractivity (Wildman–Crippen MR) is 57.8 cm³/mol. The number of phenolic OH excluding ortho intramolecular Hbond substituents is 1. The quantitative estimate of drug-likeness (QED) is 0.626. The van der Waals surface area contributed by atoms with Crippen molar-refractivity contribution in [3.8, 4) is 5.75 Å². The van der Waals surface area contributed by atoms with Crippen LogP contribution in [0.25, 0.3) is 0 Å². The van der Waals surface area contributed by atoms with E-state index in [0.29, 0.717) is 0 Å². The van der Waals surface area contributed by atoms with Gasteiger partial charge in [0.1, 0.15) is 5.75 Å². The number of phenols is 1. The molecule has 0 aliphatic rings. The van der Waals surface area contributed by atoms with Crippen molar-refractivity contribution in [2.24, 2.45) is 0 Å². The molecule has 0 bridgehead atoms. The summed E-state index contributed by atoms with van der Waals surface area (Å²) in [6.07, 6.45) is -7.44. The lowest BCUT2D eigenvalue weighted by atomic mass is 9.90. The zero-order valence-corrected chi connectivity index (χ0v) is 11.7. The van der Waals surface area contributed by atoms with E-state index in [1.807, 2.05) is 0 Å². The Morgan fingerprint density at radius 3 is 1.19 bits per heavy atom. The van der Waals surface area contributed by atoms with Gasteiger partial charge in [0.2, 0.25) is 0 Å². The highest BCUT2D eigenvalue weighted by atomic mass is 19.4. The van der Waals surface area contributed by atoms with E-state index in [1.165, 1.54) is 0 Å². The first-order valence-electron chi connectivity index (χ1n) is 6.00. The number of hydrogen-bond donors (Lipinski definition) is 1. The molecule has 0 unspecified atom stereocenters. The number of alkyl halides is 13.